The first-order valence-electron chi connectivity index (χ1n) is 9.32. The quantitative estimate of drug-likeness (QED) is 0.500. The molecule has 3 heterocycles. The third-order valence-electron chi connectivity index (χ3n) is 5.26. The second kappa shape index (κ2) is 6.93. The average Bonchev–Trinajstić information content (AvgIpc) is 3.11. The van der Waals surface area contributed by atoms with Gasteiger partial charge in [0.25, 0.3) is 0 Å². The number of fused-ring (bicyclic) bond motifs is 2. The fourth-order valence-electron chi connectivity index (χ4n) is 3.79. The van der Waals surface area contributed by atoms with Crippen LogP contribution in [0.25, 0.3) is 16.8 Å². The molecule has 1 aliphatic heterocycles. The number of likely N-dealkylation sites (N-methyl/N-ethyl adjacent to an activating group) is 1. The van der Waals surface area contributed by atoms with E-state index in [1.54, 1.807) is 6.33 Å². The summed E-state index contributed by atoms with van der Waals surface area (Å²) in [6.07, 6.45) is 3.61. The Balaban J connectivity index is 1.58. The van der Waals surface area contributed by atoms with Gasteiger partial charge in [0.15, 0.2) is 5.65 Å². The molecular formula is C22H20ClN5. The lowest BCUT2D eigenvalue weighted by Crippen LogP contribution is -2.26. The van der Waals surface area contributed by atoms with Crippen LogP contribution in [0.1, 0.15) is 5.56 Å². The Morgan fingerprint density at radius 3 is 2.61 bits per heavy atom. The van der Waals surface area contributed by atoms with Gasteiger partial charge < -0.3 is 9.80 Å². The Morgan fingerprint density at radius 2 is 1.75 bits per heavy atom. The molecular weight excluding hydrogens is 370 g/mol. The van der Waals surface area contributed by atoms with Gasteiger partial charge in [-0.2, -0.15) is 5.10 Å². The van der Waals surface area contributed by atoms with Crippen LogP contribution in [0.2, 0.25) is 5.02 Å². The van der Waals surface area contributed by atoms with Crippen LogP contribution in [-0.4, -0.2) is 39.6 Å². The fourth-order valence-corrected chi connectivity index (χ4v) is 3.92. The third-order valence-corrected chi connectivity index (χ3v) is 5.51. The second-order valence-electron chi connectivity index (χ2n) is 7.19. The Kier molecular flexibility index (Phi) is 4.26. The molecule has 0 amide bonds. The predicted octanol–water partition coefficient (Wildman–Crippen LogP) is 4.63. The maximum Gasteiger partial charge on any atom is 0.155 e. The van der Waals surface area contributed by atoms with Crippen LogP contribution in [0.5, 0.6) is 0 Å². The van der Waals surface area contributed by atoms with Crippen LogP contribution < -0.4 is 4.90 Å². The van der Waals surface area contributed by atoms with Crippen molar-refractivity contribution >= 4 is 28.6 Å². The number of rotatable bonds is 2. The maximum atomic E-state index is 6.09. The van der Waals surface area contributed by atoms with Gasteiger partial charge in [-0.15, -0.1) is 0 Å². The van der Waals surface area contributed by atoms with Crippen molar-refractivity contribution in [2.75, 3.05) is 25.0 Å². The van der Waals surface area contributed by atoms with Crippen molar-refractivity contribution < 1.29 is 0 Å². The van der Waals surface area contributed by atoms with E-state index in [0.29, 0.717) is 0 Å². The largest absolute Gasteiger partial charge is 0.340 e. The van der Waals surface area contributed by atoms with Gasteiger partial charge in [0.1, 0.15) is 6.33 Å². The van der Waals surface area contributed by atoms with E-state index in [2.05, 4.69) is 63.3 Å². The number of hydrogen-bond acceptors (Lipinski definition) is 4. The second-order valence-corrected chi connectivity index (χ2v) is 7.63. The topological polar surface area (TPSA) is 36.7 Å². The van der Waals surface area contributed by atoms with E-state index in [1.165, 1.54) is 16.8 Å². The SMILES string of the molecule is CN1CCN(c2ccc(Cl)cc2)c2ccc(-c3ccc4ncnn4c3)cc2C1. The highest BCUT2D eigenvalue weighted by molar-refractivity contribution is 6.30. The maximum absolute atomic E-state index is 6.09. The van der Waals surface area contributed by atoms with Crippen molar-refractivity contribution in [2.24, 2.45) is 0 Å². The zero-order chi connectivity index (χ0) is 19.1. The summed E-state index contributed by atoms with van der Waals surface area (Å²) in [6, 6.07) is 18.9. The minimum absolute atomic E-state index is 0.759. The highest BCUT2D eigenvalue weighted by Gasteiger charge is 2.20. The van der Waals surface area contributed by atoms with E-state index in [-0.39, 0.29) is 0 Å². The summed E-state index contributed by atoms with van der Waals surface area (Å²) >= 11 is 6.09. The summed E-state index contributed by atoms with van der Waals surface area (Å²) < 4.78 is 1.81. The van der Waals surface area contributed by atoms with Crippen LogP contribution in [0.3, 0.4) is 0 Å². The molecule has 0 unspecified atom stereocenters. The highest BCUT2D eigenvalue weighted by atomic mass is 35.5. The van der Waals surface area contributed by atoms with Gasteiger partial charge in [0.05, 0.1) is 0 Å². The Bertz CT molecular complexity index is 1140. The van der Waals surface area contributed by atoms with Crippen molar-refractivity contribution in [3.8, 4) is 11.1 Å². The molecule has 0 saturated carbocycles. The molecule has 2 aromatic heterocycles. The van der Waals surface area contributed by atoms with Gasteiger partial charge in [0, 0.05) is 47.8 Å². The number of pyridine rings is 1. The lowest BCUT2D eigenvalue weighted by molar-refractivity contribution is 0.343. The van der Waals surface area contributed by atoms with Crippen LogP contribution in [0.4, 0.5) is 11.4 Å². The molecule has 5 rings (SSSR count). The van der Waals surface area contributed by atoms with Crippen molar-refractivity contribution in [2.45, 2.75) is 6.54 Å². The minimum Gasteiger partial charge on any atom is -0.340 e. The third kappa shape index (κ3) is 3.13. The standard InChI is InChI=1S/C22H20ClN5/c1-26-10-11-27(20-6-4-19(23)5-7-20)21-8-2-16(12-18(21)13-26)17-3-9-22-24-15-25-28(22)14-17/h2-9,12,14-15H,10-11,13H2,1H3. The van der Waals surface area contributed by atoms with E-state index in [4.69, 9.17) is 11.6 Å². The van der Waals surface area contributed by atoms with E-state index in [9.17, 15) is 0 Å². The van der Waals surface area contributed by atoms with Crippen molar-refractivity contribution in [1.29, 1.82) is 0 Å². The zero-order valence-electron chi connectivity index (χ0n) is 15.6. The number of halogens is 1. The molecule has 0 spiro atoms. The summed E-state index contributed by atoms with van der Waals surface area (Å²) in [5, 5.41) is 5.02. The zero-order valence-corrected chi connectivity index (χ0v) is 16.3. The predicted molar refractivity (Wildman–Crippen MR) is 113 cm³/mol. The highest BCUT2D eigenvalue weighted by Crippen LogP contribution is 2.34. The molecule has 4 aromatic rings. The summed E-state index contributed by atoms with van der Waals surface area (Å²) in [5.41, 5.74) is 6.89. The molecule has 2 aromatic carbocycles. The molecule has 0 bridgehead atoms. The lowest BCUT2D eigenvalue weighted by atomic mass is 10.0. The summed E-state index contributed by atoms with van der Waals surface area (Å²) in [6.45, 7) is 2.85. The number of benzene rings is 2. The lowest BCUT2D eigenvalue weighted by Gasteiger charge is -2.25. The smallest absolute Gasteiger partial charge is 0.155 e. The first-order chi connectivity index (χ1) is 13.7. The number of aromatic nitrogens is 3. The van der Waals surface area contributed by atoms with Crippen molar-refractivity contribution in [1.82, 2.24) is 19.5 Å². The summed E-state index contributed by atoms with van der Waals surface area (Å²) in [5.74, 6) is 0. The number of anilines is 2. The molecule has 0 atom stereocenters. The van der Waals surface area contributed by atoms with E-state index in [0.717, 1.165) is 41.6 Å². The molecule has 140 valence electrons. The minimum atomic E-state index is 0.759. The normalized spacial score (nSPS) is 14.9. The molecule has 0 aliphatic carbocycles. The van der Waals surface area contributed by atoms with Crippen LogP contribution >= 0.6 is 11.6 Å². The van der Waals surface area contributed by atoms with Crippen LogP contribution in [0.15, 0.2) is 67.1 Å². The van der Waals surface area contributed by atoms with Gasteiger partial charge in [0.2, 0.25) is 0 Å². The van der Waals surface area contributed by atoms with Crippen LogP contribution in [-0.2, 0) is 6.54 Å². The fraction of sp³-hybridized carbons (Fsp3) is 0.182. The molecule has 0 saturated heterocycles. The van der Waals surface area contributed by atoms with Gasteiger partial charge in [-0.3, -0.25) is 0 Å². The molecule has 1 aliphatic rings. The van der Waals surface area contributed by atoms with E-state index >= 15 is 0 Å². The summed E-state index contributed by atoms with van der Waals surface area (Å²) in [7, 11) is 2.17. The molecule has 5 nitrogen and oxygen atoms in total. The van der Waals surface area contributed by atoms with Crippen LogP contribution in [0, 0.1) is 0 Å². The average molecular weight is 390 g/mol. The molecule has 0 fully saturated rings. The number of hydrogen-bond donors (Lipinski definition) is 0. The molecule has 0 N–H and O–H groups in total. The van der Waals surface area contributed by atoms with Gasteiger partial charge >= 0.3 is 0 Å². The van der Waals surface area contributed by atoms with E-state index < -0.39 is 0 Å². The Hall–Kier alpha value is -2.89. The summed E-state index contributed by atoms with van der Waals surface area (Å²) in [4.78, 5) is 8.96. The van der Waals surface area contributed by atoms with Gasteiger partial charge in [-0.05, 0) is 66.7 Å². The van der Waals surface area contributed by atoms with Crippen molar-refractivity contribution in [3.05, 3.63) is 77.7 Å². The van der Waals surface area contributed by atoms with E-state index in [1.807, 2.05) is 28.9 Å². The van der Waals surface area contributed by atoms with Crippen molar-refractivity contribution in [3.63, 3.8) is 0 Å². The first kappa shape index (κ1) is 17.2. The molecule has 0 radical (unpaired) electrons. The monoisotopic (exact) mass is 389 g/mol. The molecule has 6 heteroatoms. The first-order valence-corrected chi connectivity index (χ1v) is 9.69. The molecule has 28 heavy (non-hydrogen) atoms. The Morgan fingerprint density at radius 1 is 0.929 bits per heavy atom. The Labute approximate surface area is 168 Å². The number of nitrogens with zero attached hydrogens (tertiary/aromatic N) is 5. The van der Waals surface area contributed by atoms with Gasteiger partial charge in [-0.1, -0.05) is 17.7 Å². The van der Waals surface area contributed by atoms with Gasteiger partial charge in [-0.25, -0.2) is 9.50 Å².